The summed E-state index contributed by atoms with van der Waals surface area (Å²) in [7, 11) is 2.96. The van der Waals surface area contributed by atoms with Crippen molar-refractivity contribution in [3.63, 3.8) is 0 Å². The number of nitrogens with one attached hydrogen (secondary N) is 1. The molecule has 1 aromatic carbocycles. The molecule has 0 aliphatic rings. The number of benzene rings is 1. The monoisotopic (exact) mass is 216 g/mol. The highest BCUT2D eigenvalue weighted by Gasteiger charge is 2.03. The molecule has 1 N–H and O–H groups in total. The number of anilines is 1. The Labute approximate surface area is 84.5 Å². The van der Waals surface area contributed by atoms with Crippen LogP contribution < -0.4 is 14.2 Å². The number of rotatable bonds is 4. The highest BCUT2D eigenvalue weighted by atomic mass is 32.2. The first-order valence-electron chi connectivity index (χ1n) is 3.75. The van der Waals surface area contributed by atoms with Crippen LogP contribution in [0.25, 0.3) is 0 Å². The van der Waals surface area contributed by atoms with Gasteiger partial charge in [0.2, 0.25) is 0 Å². The van der Waals surface area contributed by atoms with Gasteiger partial charge < -0.3 is 18.7 Å². The Morgan fingerprint density at radius 3 is 2.57 bits per heavy atom. The van der Waals surface area contributed by atoms with Gasteiger partial charge in [0.05, 0.1) is 19.9 Å². The molecule has 1 rings (SSSR count). The van der Waals surface area contributed by atoms with Crippen LogP contribution in [0, 0.1) is 0 Å². The predicted octanol–water partition coefficient (Wildman–Crippen LogP) is 0.910. The van der Waals surface area contributed by atoms with Crippen molar-refractivity contribution in [2.45, 2.75) is 0 Å². The second kappa shape index (κ2) is 4.83. The second-order valence-corrected chi connectivity index (χ2v) is 3.08. The van der Waals surface area contributed by atoms with Crippen molar-refractivity contribution in [3.05, 3.63) is 18.2 Å². The highest BCUT2D eigenvalue weighted by Crippen LogP contribution is 2.28. The van der Waals surface area contributed by atoms with Crippen molar-refractivity contribution in [2.75, 3.05) is 18.9 Å². The first kappa shape index (κ1) is 10.8. The van der Waals surface area contributed by atoms with Crippen LogP contribution in [-0.2, 0) is 11.3 Å². The topological polar surface area (TPSA) is 70.6 Å². The minimum absolute atomic E-state index is 0.347. The van der Waals surface area contributed by atoms with E-state index in [4.69, 9.17) is 9.47 Å². The maximum absolute atomic E-state index is 10.4. The molecule has 1 unspecified atom stereocenters. The molecule has 0 heterocycles. The number of hydrogen-bond acceptors (Lipinski definition) is 4. The summed E-state index contributed by atoms with van der Waals surface area (Å²) in [5.74, 6) is 0.994. The van der Waals surface area contributed by atoms with Crippen LogP contribution in [-0.4, -0.2) is 23.0 Å². The summed E-state index contributed by atoms with van der Waals surface area (Å²) in [6.07, 6.45) is 0. The van der Waals surface area contributed by atoms with Crippen LogP contribution in [0.3, 0.4) is 0 Å². The van der Waals surface area contributed by atoms with Crippen LogP contribution in [0.15, 0.2) is 18.2 Å². The van der Waals surface area contributed by atoms with Gasteiger partial charge in [-0.25, -0.2) is 0 Å². The molecule has 0 saturated heterocycles. The van der Waals surface area contributed by atoms with Gasteiger partial charge in [0.25, 0.3) is 0 Å². The standard InChI is InChI=1S/C8H11NO4S/c1-12-6-3-4-8(13-2)7(5-6)9-14(10)11/h3-5,9H,1-2H3,(H,10,11)/p-1. The lowest BCUT2D eigenvalue weighted by molar-refractivity contribution is 0.405. The Kier molecular flexibility index (Phi) is 3.73. The van der Waals surface area contributed by atoms with Gasteiger partial charge in [-0.05, 0) is 12.1 Å². The lowest BCUT2D eigenvalue weighted by Gasteiger charge is -2.13. The lowest BCUT2D eigenvalue weighted by atomic mass is 10.3. The lowest BCUT2D eigenvalue weighted by Crippen LogP contribution is -2.04. The largest absolute Gasteiger partial charge is 0.755 e. The maximum Gasteiger partial charge on any atom is 0.143 e. The molecule has 6 heteroatoms. The summed E-state index contributed by atoms with van der Waals surface area (Å²) in [6.45, 7) is 0. The average Bonchev–Trinajstić information content (AvgIpc) is 2.16. The van der Waals surface area contributed by atoms with Gasteiger partial charge in [0.1, 0.15) is 11.5 Å². The summed E-state index contributed by atoms with van der Waals surface area (Å²) in [6, 6.07) is 4.83. The fraction of sp³-hybridized carbons (Fsp3) is 0.250. The first-order valence-corrected chi connectivity index (χ1v) is 4.83. The number of ether oxygens (including phenoxy) is 2. The second-order valence-electron chi connectivity index (χ2n) is 2.40. The summed E-state index contributed by atoms with van der Waals surface area (Å²) in [5, 5.41) is 0. The molecule has 1 aromatic rings. The van der Waals surface area contributed by atoms with E-state index in [0.717, 1.165) is 0 Å². The fourth-order valence-electron chi connectivity index (χ4n) is 0.984. The average molecular weight is 216 g/mol. The summed E-state index contributed by atoms with van der Waals surface area (Å²) in [4.78, 5) is 0. The summed E-state index contributed by atoms with van der Waals surface area (Å²) in [5.41, 5.74) is 0.347. The predicted molar refractivity (Wildman–Crippen MR) is 52.1 cm³/mol. The van der Waals surface area contributed by atoms with Gasteiger partial charge in [-0.2, -0.15) is 0 Å². The van der Waals surface area contributed by atoms with E-state index in [2.05, 4.69) is 4.72 Å². The van der Waals surface area contributed by atoms with E-state index in [1.807, 2.05) is 0 Å². The van der Waals surface area contributed by atoms with Gasteiger partial charge in [-0.1, -0.05) is 0 Å². The van der Waals surface area contributed by atoms with Crippen LogP contribution >= 0.6 is 0 Å². The fourth-order valence-corrected chi connectivity index (χ4v) is 1.32. The molecule has 1 atom stereocenters. The molecule has 0 spiro atoms. The molecule has 14 heavy (non-hydrogen) atoms. The van der Waals surface area contributed by atoms with Crippen molar-refractivity contribution in [1.29, 1.82) is 0 Å². The van der Waals surface area contributed by atoms with Gasteiger partial charge in [-0.3, -0.25) is 4.21 Å². The third kappa shape index (κ3) is 2.61. The molecule has 0 saturated carbocycles. The molecule has 0 amide bonds. The summed E-state index contributed by atoms with van der Waals surface area (Å²) < 4.78 is 33.0. The highest BCUT2D eigenvalue weighted by molar-refractivity contribution is 7.80. The van der Waals surface area contributed by atoms with E-state index in [1.165, 1.54) is 20.3 Å². The van der Waals surface area contributed by atoms with Crippen molar-refractivity contribution in [3.8, 4) is 11.5 Å². The van der Waals surface area contributed by atoms with Crippen LogP contribution in [0.2, 0.25) is 0 Å². The number of methoxy groups -OCH3 is 2. The maximum atomic E-state index is 10.4. The van der Waals surface area contributed by atoms with Crippen molar-refractivity contribution in [1.82, 2.24) is 0 Å². The van der Waals surface area contributed by atoms with Crippen LogP contribution in [0.1, 0.15) is 0 Å². The molecule has 0 aliphatic heterocycles. The normalized spacial score (nSPS) is 11.9. The Morgan fingerprint density at radius 1 is 1.36 bits per heavy atom. The Morgan fingerprint density at radius 2 is 2.07 bits per heavy atom. The molecule has 0 bridgehead atoms. The zero-order valence-electron chi connectivity index (χ0n) is 7.77. The zero-order chi connectivity index (χ0) is 10.6. The SMILES string of the molecule is COc1ccc(OC)c(NS(=O)[O-])c1. The minimum Gasteiger partial charge on any atom is -0.755 e. The molecular weight excluding hydrogens is 206 g/mol. The van der Waals surface area contributed by atoms with Crippen molar-refractivity contribution in [2.24, 2.45) is 0 Å². The number of hydrogen-bond donors (Lipinski definition) is 1. The first-order chi connectivity index (χ1) is 6.67. The molecule has 0 aromatic heterocycles. The Bertz CT molecular complexity index is 342. The van der Waals surface area contributed by atoms with Gasteiger partial charge >= 0.3 is 0 Å². The smallest absolute Gasteiger partial charge is 0.143 e. The van der Waals surface area contributed by atoms with E-state index in [-0.39, 0.29) is 0 Å². The Balaban J connectivity index is 3.01. The van der Waals surface area contributed by atoms with Crippen molar-refractivity contribution >= 4 is 17.0 Å². The van der Waals surface area contributed by atoms with E-state index in [0.29, 0.717) is 17.2 Å². The van der Waals surface area contributed by atoms with Crippen LogP contribution in [0.4, 0.5) is 5.69 Å². The zero-order valence-corrected chi connectivity index (χ0v) is 8.59. The van der Waals surface area contributed by atoms with E-state index < -0.39 is 11.3 Å². The van der Waals surface area contributed by atoms with E-state index in [1.54, 1.807) is 12.1 Å². The van der Waals surface area contributed by atoms with E-state index >= 15 is 0 Å². The third-order valence-corrected chi connectivity index (χ3v) is 1.99. The van der Waals surface area contributed by atoms with Gasteiger partial charge in [0, 0.05) is 17.3 Å². The van der Waals surface area contributed by atoms with Gasteiger partial charge in [-0.15, -0.1) is 0 Å². The molecule has 0 aliphatic carbocycles. The van der Waals surface area contributed by atoms with Gasteiger partial charge in [0.15, 0.2) is 0 Å². The third-order valence-electron chi connectivity index (χ3n) is 1.60. The molecule has 0 radical (unpaired) electrons. The summed E-state index contributed by atoms with van der Waals surface area (Å²) >= 11 is -2.37. The quantitative estimate of drug-likeness (QED) is 0.759. The Hall–Kier alpha value is -1.27. The molecule has 5 nitrogen and oxygen atoms in total. The van der Waals surface area contributed by atoms with Crippen LogP contribution in [0.5, 0.6) is 11.5 Å². The van der Waals surface area contributed by atoms with E-state index in [9.17, 15) is 8.76 Å². The minimum atomic E-state index is -2.37. The molecule has 78 valence electrons. The molecular formula is C8H10NO4S-. The molecule has 0 fully saturated rings. The van der Waals surface area contributed by atoms with Crippen molar-refractivity contribution < 1.29 is 18.2 Å².